The van der Waals surface area contributed by atoms with Gasteiger partial charge >= 0.3 is 16.3 Å². The molecule has 0 bridgehead atoms. The van der Waals surface area contributed by atoms with E-state index in [1.54, 1.807) is 55.0 Å². The van der Waals surface area contributed by atoms with Crippen LogP contribution in [0.1, 0.15) is 31.1 Å². The Balaban J connectivity index is 1.72. The highest BCUT2D eigenvalue weighted by Gasteiger charge is 2.49. The highest BCUT2D eigenvalue weighted by Crippen LogP contribution is 2.45. The van der Waals surface area contributed by atoms with Crippen LogP contribution in [0.4, 0.5) is 10.6 Å². The molecule has 2 aromatic rings. The number of benzene rings is 1. The van der Waals surface area contributed by atoms with Crippen LogP contribution < -0.4 is 9.62 Å². The molecule has 2 amide bonds. The number of morpholine rings is 1. The molecule has 4 rings (SSSR count). The number of likely N-dealkylation sites (tertiary alicyclic amines) is 1. The number of hydrogen-bond acceptors (Lipinski definition) is 7. The number of ether oxygens (including phenoxy) is 1. The number of nitrogens with zero attached hydrogens (tertiary/aromatic N) is 3. The molecule has 3 heterocycles. The first-order valence-electron chi connectivity index (χ1n) is 11.2. The van der Waals surface area contributed by atoms with Gasteiger partial charge in [-0.2, -0.15) is 8.42 Å². The maximum atomic E-state index is 13.6. The van der Waals surface area contributed by atoms with Crippen LogP contribution in [-0.4, -0.2) is 67.5 Å². The van der Waals surface area contributed by atoms with E-state index in [1.807, 2.05) is 18.2 Å². The Morgan fingerprint density at radius 1 is 1.14 bits per heavy atom. The zero-order chi connectivity index (χ0) is 25.2. The summed E-state index contributed by atoms with van der Waals surface area (Å²) < 4.78 is 39.0. The van der Waals surface area contributed by atoms with Gasteiger partial charge in [0.2, 0.25) is 0 Å². The van der Waals surface area contributed by atoms with Crippen molar-refractivity contribution in [3.63, 3.8) is 0 Å². The van der Waals surface area contributed by atoms with Gasteiger partial charge in [0.15, 0.2) is 5.78 Å². The van der Waals surface area contributed by atoms with Gasteiger partial charge < -0.3 is 14.5 Å². The third-order valence-electron chi connectivity index (χ3n) is 6.22. The van der Waals surface area contributed by atoms with Gasteiger partial charge in [-0.05, 0) is 23.8 Å². The number of carbonyl (C=O) groups excluding carboxylic acids is 2. The number of urea groups is 1. The second-order valence-electron chi connectivity index (χ2n) is 9.06. The monoisotopic (exact) mass is 500 g/mol. The molecular weight excluding hydrogens is 472 g/mol. The Morgan fingerprint density at radius 2 is 1.83 bits per heavy atom. The molecule has 1 unspecified atom stereocenters. The lowest BCUT2D eigenvalue weighted by Gasteiger charge is -2.46. The highest BCUT2D eigenvalue weighted by molar-refractivity contribution is 7.84. The fraction of sp³-hybridized carbons (Fsp3) is 0.375. The normalized spacial score (nSPS) is 21.7. The molecule has 35 heavy (non-hydrogen) atoms. The molecule has 2 saturated heterocycles. The third kappa shape index (κ3) is 5.53. The number of rotatable bonds is 4. The lowest BCUT2D eigenvalue weighted by Crippen LogP contribution is -2.55. The van der Waals surface area contributed by atoms with Crippen molar-refractivity contribution < 1.29 is 27.3 Å². The summed E-state index contributed by atoms with van der Waals surface area (Å²) in [7, 11) is -4.80. The summed E-state index contributed by atoms with van der Waals surface area (Å²) >= 11 is 0. The summed E-state index contributed by atoms with van der Waals surface area (Å²) in [4.78, 5) is 34.6. The summed E-state index contributed by atoms with van der Waals surface area (Å²) in [6, 6.07) is 12.6. The van der Waals surface area contributed by atoms with Gasteiger partial charge in [0.05, 0.1) is 36.9 Å². The number of anilines is 1. The van der Waals surface area contributed by atoms with Crippen molar-refractivity contribution in [2.24, 2.45) is 5.41 Å². The van der Waals surface area contributed by atoms with Gasteiger partial charge in [-0.15, -0.1) is 0 Å². The fourth-order valence-corrected chi connectivity index (χ4v) is 4.98. The molecule has 0 radical (unpaired) electrons. The second kappa shape index (κ2) is 9.76. The second-order valence-corrected chi connectivity index (χ2v) is 10.2. The van der Waals surface area contributed by atoms with Crippen molar-refractivity contribution in [3.05, 3.63) is 65.4 Å². The van der Waals surface area contributed by atoms with Crippen molar-refractivity contribution in [2.45, 2.75) is 19.9 Å². The maximum Gasteiger partial charge on any atom is 0.361 e. The molecule has 1 atom stereocenters. The zero-order valence-corrected chi connectivity index (χ0v) is 20.4. The van der Waals surface area contributed by atoms with Crippen molar-refractivity contribution in [2.75, 3.05) is 37.7 Å². The topological polar surface area (TPSA) is 129 Å². The molecule has 1 aromatic carbocycles. The predicted molar refractivity (Wildman–Crippen MR) is 130 cm³/mol. The fourth-order valence-electron chi connectivity index (χ4n) is 4.64. The molecule has 10 nitrogen and oxygen atoms in total. The first-order valence-corrected chi connectivity index (χ1v) is 12.7. The van der Waals surface area contributed by atoms with Crippen LogP contribution in [0, 0.1) is 5.41 Å². The molecule has 11 heteroatoms. The molecule has 2 aliphatic rings. The van der Waals surface area contributed by atoms with Crippen LogP contribution in [0.5, 0.6) is 0 Å². The van der Waals surface area contributed by atoms with Crippen LogP contribution in [-0.2, 0) is 19.8 Å². The number of Topliss-reactive ketones (excluding diaryl/α,β-unsaturated/α-hetero) is 1. The minimum atomic E-state index is -4.80. The number of nitrogens with one attached hydrogen (secondary N) is 1. The van der Waals surface area contributed by atoms with Crippen LogP contribution in [0.25, 0.3) is 6.08 Å². The number of amides is 2. The first-order chi connectivity index (χ1) is 16.6. The summed E-state index contributed by atoms with van der Waals surface area (Å²) in [5, 5.41) is 0. The Bertz CT molecular complexity index is 1240. The third-order valence-corrected chi connectivity index (χ3v) is 6.65. The van der Waals surface area contributed by atoms with E-state index >= 15 is 0 Å². The SMILES string of the molecule is CC1(C)C(=O)C(=Cc2cccc(N3CCOCC3)n2)CN(C(=O)NS(=O)(=O)O)C1c1ccccc1. The average Bonchev–Trinajstić information content (AvgIpc) is 2.82. The Kier molecular flexibility index (Phi) is 6.93. The first kappa shape index (κ1) is 24.8. The van der Waals surface area contributed by atoms with E-state index in [0.29, 0.717) is 43.1 Å². The van der Waals surface area contributed by atoms with E-state index in [-0.39, 0.29) is 12.3 Å². The number of carbonyl (C=O) groups is 2. The largest absolute Gasteiger partial charge is 0.378 e. The molecular formula is C24H28N4O6S. The van der Waals surface area contributed by atoms with Crippen molar-refractivity contribution in [1.29, 1.82) is 0 Å². The van der Waals surface area contributed by atoms with Crippen molar-refractivity contribution >= 4 is 34.0 Å². The molecule has 2 N–H and O–H groups in total. The van der Waals surface area contributed by atoms with E-state index < -0.39 is 27.8 Å². The molecule has 186 valence electrons. The summed E-state index contributed by atoms with van der Waals surface area (Å²) in [6.45, 7) is 5.91. The summed E-state index contributed by atoms with van der Waals surface area (Å²) in [5.41, 5.74) is 0.424. The number of hydrogen-bond donors (Lipinski definition) is 2. The number of pyridine rings is 1. The molecule has 2 fully saturated rings. The van der Waals surface area contributed by atoms with E-state index in [1.165, 1.54) is 4.90 Å². The molecule has 0 saturated carbocycles. The predicted octanol–water partition coefficient (Wildman–Crippen LogP) is 2.47. The van der Waals surface area contributed by atoms with Crippen LogP contribution >= 0.6 is 0 Å². The quantitative estimate of drug-likeness (QED) is 0.484. The Labute approximate surface area is 204 Å². The summed E-state index contributed by atoms with van der Waals surface area (Å²) in [5.74, 6) is 0.578. The number of piperidine rings is 1. The molecule has 2 aliphatic heterocycles. The van der Waals surface area contributed by atoms with E-state index in [4.69, 9.17) is 4.74 Å². The average molecular weight is 501 g/mol. The summed E-state index contributed by atoms with van der Waals surface area (Å²) in [6.07, 6.45) is 1.63. The highest BCUT2D eigenvalue weighted by atomic mass is 32.2. The van der Waals surface area contributed by atoms with Gasteiger partial charge in [0.1, 0.15) is 5.82 Å². The van der Waals surface area contributed by atoms with Crippen molar-refractivity contribution in [1.82, 2.24) is 14.6 Å². The Morgan fingerprint density at radius 3 is 2.49 bits per heavy atom. The number of ketones is 1. The lowest BCUT2D eigenvalue weighted by molar-refractivity contribution is -0.129. The van der Waals surface area contributed by atoms with E-state index in [2.05, 4.69) is 9.88 Å². The lowest BCUT2D eigenvalue weighted by atomic mass is 9.71. The molecule has 1 aromatic heterocycles. The standard InChI is InChI=1S/C24H28N4O6S/c1-24(2)21(17-7-4-3-5-8-17)28(23(30)26-35(31,32)33)16-18(22(24)29)15-19-9-6-10-20(25-19)27-11-13-34-14-12-27/h3-10,15,21H,11-14,16H2,1-2H3,(H,26,30)(H,31,32,33). The number of aromatic nitrogens is 1. The maximum absolute atomic E-state index is 13.6. The van der Waals surface area contributed by atoms with Gasteiger partial charge in [0.25, 0.3) is 0 Å². The Hall–Kier alpha value is -3.28. The smallest absolute Gasteiger partial charge is 0.361 e. The van der Waals surface area contributed by atoms with Gasteiger partial charge in [-0.3, -0.25) is 9.35 Å². The van der Waals surface area contributed by atoms with Crippen LogP contribution in [0.3, 0.4) is 0 Å². The minimum Gasteiger partial charge on any atom is -0.378 e. The minimum absolute atomic E-state index is 0.160. The van der Waals surface area contributed by atoms with E-state index in [9.17, 15) is 22.6 Å². The van der Waals surface area contributed by atoms with Gasteiger partial charge in [-0.25, -0.2) is 14.5 Å². The van der Waals surface area contributed by atoms with Crippen LogP contribution in [0.15, 0.2) is 54.1 Å². The zero-order valence-electron chi connectivity index (χ0n) is 19.5. The van der Waals surface area contributed by atoms with Gasteiger partial charge in [-0.1, -0.05) is 50.2 Å². The molecule has 0 aliphatic carbocycles. The van der Waals surface area contributed by atoms with Crippen molar-refractivity contribution in [3.8, 4) is 0 Å². The van der Waals surface area contributed by atoms with E-state index in [0.717, 1.165) is 5.82 Å². The van der Waals surface area contributed by atoms with Crippen LogP contribution in [0.2, 0.25) is 0 Å². The van der Waals surface area contributed by atoms with Gasteiger partial charge in [0, 0.05) is 18.7 Å². The molecule has 0 spiro atoms.